The van der Waals surface area contributed by atoms with E-state index in [2.05, 4.69) is 16.0 Å². The van der Waals surface area contributed by atoms with Gasteiger partial charge in [0, 0.05) is 41.7 Å². The first kappa shape index (κ1) is 28.1. The Morgan fingerprint density at radius 2 is 1.69 bits per heavy atom. The van der Waals surface area contributed by atoms with Gasteiger partial charge in [0.15, 0.2) is 11.6 Å². The molecule has 212 valence electrons. The fourth-order valence-electron chi connectivity index (χ4n) is 4.41. The molecule has 42 heavy (non-hydrogen) atoms. The molecule has 3 amide bonds. The Bertz CT molecular complexity index is 1800. The molecule has 0 atom stereocenters. The lowest BCUT2D eigenvalue weighted by Crippen LogP contribution is -2.34. The highest BCUT2D eigenvalue weighted by Crippen LogP contribution is 2.35. The topological polar surface area (TPSA) is 109 Å². The van der Waals surface area contributed by atoms with Crippen LogP contribution in [0.3, 0.4) is 0 Å². The number of halogens is 3. The molecule has 4 aromatic rings. The number of nitrogens with one attached hydrogen (secondary N) is 3. The molecule has 3 aromatic carbocycles. The van der Waals surface area contributed by atoms with Gasteiger partial charge >= 0.3 is 0 Å². The van der Waals surface area contributed by atoms with E-state index in [1.807, 2.05) is 0 Å². The molecule has 3 N–H and O–H groups in total. The summed E-state index contributed by atoms with van der Waals surface area (Å²) in [5.41, 5.74) is 2.10. The molecule has 0 fully saturated rings. The van der Waals surface area contributed by atoms with E-state index in [1.165, 1.54) is 41.1 Å². The lowest BCUT2D eigenvalue weighted by Gasteiger charge is -2.10. The average Bonchev–Trinajstić information content (AvgIpc) is 3.27. The molecule has 0 spiro atoms. The van der Waals surface area contributed by atoms with Crippen LogP contribution in [0.15, 0.2) is 83.8 Å². The van der Waals surface area contributed by atoms with Gasteiger partial charge in [-0.25, -0.2) is 13.2 Å². The van der Waals surface area contributed by atoms with Crippen molar-refractivity contribution in [2.45, 2.75) is 13.0 Å². The van der Waals surface area contributed by atoms with Crippen molar-refractivity contribution in [2.75, 3.05) is 17.2 Å². The first-order chi connectivity index (χ1) is 20.2. The minimum absolute atomic E-state index is 0.0666. The van der Waals surface area contributed by atoms with Crippen molar-refractivity contribution in [1.82, 2.24) is 9.88 Å². The number of pyridine rings is 1. The van der Waals surface area contributed by atoms with E-state index in [0.29, 0.717) is 33.6 Å². The van der Waals surface area contributed by atoms with Gasteiger partial charge in [0.1, 0.15) is 11.4 Å². The van der Waals surface area contributed by atoms with E-state index >= 15 is 0 Å². The number of anilines is 2. The lowest BCUT2D eigenvalue weighted by molar-refractivity contribution is -0.116. The van der Waals surface area contributed by atoms with Gasteiger partial charge in [0.2, 0.25) is 5.91 Å². The molecule has 1 aliphatic heterocycles. The van der Waals surface area contributed by atoms with Crippen LogP contribution < -0.4 is 21.5 Å². The van der Waals surface area contributed by atoms with Gasteiger partial charge in [-0.3, -0.25) is 19.2 Å². The maximum atomic E-state index is 13.5. The number of hydrogen-bond donors (Lipinski definition) is 3. The quantitative estimate of drug-likeness (QED) is 0.269. The highest BCUT2D eigenvalue weighted by Gasteiger charge is 2.24. The van der Waals surface area contributed by atoms with Crippen LogP contribution in [0.1, 0.15) is 33.5 Å². The lowest BCUT2D eigenvalue weighted by atomic mass is 10.0. The number of benzene rings is 3. The Kier molecular flexibility index (Phi) is 8.00. The van der Waals surface area contributed by atoms with Crippen molar-refractivity contribution in [1.29, 1.82) is 0 Å². The Hall–Kier alpha value is -5.45. The third kappa shape index (κ3) is 6.30. The number of hydrogen-bond acceptors (Lipinski definition) is 4. The number of amides is 3. The molecule has 5 rings (SSSR count). The van der Waals surface area contributed by atoms with Crippen LogP contribution in [0.4, 0.5) is 24.5 Å². The van der Waals surface area contributed by atoms with E-state index in [-0.39, 0.29) is 31.0 Å². The fraction of sp³-hybridized carbons (Fsp3) is 0.0968. The Morgan fingerprint density at radius 3 is 2.45 bits per heavy atom. The van der Waals surface area contributed by atoms with Crippen molar-refractivity contribution in [2.24, 2.45) is 0 Å². The number of carbonyl (C=O) groups is 3. The second-order valence-electron chi connectivity index (χ2n) is 9.48. The molecule has 0 bridgehead atoms. The number of aromatic nitrogens is 1. The summed E-state index contributed by atoms with van der Waals surface area (Å²) in [6.07, 6.45) is 2.94. The van der Waals surface area contributed by atoms with Crippen molar-refractivity contribution in [3.63, 3.8) is 0 Å². The molecule has 1 aromatic heterocycles. The molecule has 1 aliphatic rings. The van der Waals surface area contributed by atoms with E-state index in [1.54, 1.807) is 36.4 Å². The van der Waals surface area contributed by atoms with Gasteiger partial charge in [-0.2, -0.15) is 0 Å². The first-order valence-electron chi connectivity index (χ1n) is 12.8. The standard InChI is InChI=1S/C31H23F3N4O4/c32-20-6-3-18(4-7-20)14-24-23-16-21(8-10-27(23)37-30(24)41)36-28(39)11-12-35-29(40)22-2-1-13-38(31(22)42)17-19-5-9-25(33)26(34)15-19/h1-10,13-16H,11-12,17H2,(H,35,40)(H,36,39)(H,37,41)/b24-14+. The molecule has 0 unspecified atom stereocenters. The highest BCUT2D eigenvalue weighted by atomic mass is 19.2. The van der Waals surface area contributed by atoms with Crippen LogP contribution in [0.5, 0.6) is 0 Å². The van der Waals surface area contributed by atoms with E-state index in [4.69, 9.17) is 0 Å². The number of fused-ring (bicyclic) bond motifs is 1. The summed E-state index contributed by atoms with van der Waals surface area (Å²) in [5.74, 6) is -3.87. The van der Waals surface area contributed by atoms with Gasteiger partial charge in [-0.1, -0.05) is 18.2 Å². The van der Waals surface area contributed by atoms with Crippen molar-refractivity contribution >= 4 is 40.7 Å². The zero-order valence-corrected chi connectivity index (χ0v) is 21.9. The van der Waals surface area contributed by atoms with Crippen LogP contribution in [0.25, 0.3) is 11.6 Å². The second kappa shape index (κ2) is 12.0. The molecule has 0 saturated heterocycles. The van der Waals surface area contributed by atoms with Gasteiger partial charge < -0.3 is 20.5 Å². The predicted molar refractivity (Wildman–Crippen MR) is 151 cm³/mol. The summed E-state index contributed by atoms with van der Waals surface area (Å²) in [4.78, 5) is 50.5. The SMILES string of the molecule is O=C(CCNC(=O)c1cccn(Cc2ccc(F)c(F)c2)c1=O)Nc1ccc2c(c1)/C(=C\c1ccc(F)cc1)C(=O)N2. The van der Waals surface area contributed by atoms with Gasteiger partial charge in [0.25, 0.3) is 17.4 Å². The summed E-state index contributed by atoms with van der Waals surface area (Å²) in [6.45, 7) is -0.134. The number of carbonyl (C=O) groups excluding carboxylic acids is 3. The van der Waals surface area contributed by atoms with Gasteiger partial charge in [-0.05, 0) is 71.8 Å². The molecule has 0 radical (unpaired) electrons. The number of nitrogens with zero attached hydrogens (tertiary/aromatic N) is 1. The maximum absolute atomic E-state index is 13.5. The zero-order chi connectivity index (χ0) is 29.8. The first-order valence-corrected chi connectivity index (χ1v) is 12.8. The van der Waals surface area contributed by atoms with Crippen LogP contribution in [-0.2, 0) is 16.1 Å². The van der Waals surface area contributed by atoms with Crippen molar-refractivity contribution in [3.05, 3.63) is 129 Å². The summed E-state index contributed by atoms with van der Waals surface area (Å²) in [7, 11) is 0. The zero-order valence-electron chi connectivity index (χ0n) is 21.9. The minimum atomic E-state index is -1.04. The molecule has 0 aliphatic carbocycles. The highest BCUT2D eigenvalue weighted by molar-refractivity contribution is 6.35. The largest absolute Gasteiger partial charge is 0.351 e. The summed E-state index contributed by atoms with van der Waals surface area (Å²) in [6, 6.07) is 16.7. The summed E-state index contributed by atoms with van der Waals surface area (Å²) in [5, 5.41) is 8.00. The normalized spacial score (nSPS) is 13.0. The maximum Gasteiger partial charge on any atom is 0.263 e. The molecule has 2 heterocycles. The third-order valence-corrected chi connectivity index (χ3v) is 6.51. The molecular formula is C31H23F3N4O4. The van der Waals surface area contributed by atoms with Crippen molar-refractivity contribution in [3.8, 4) is 0 Å². The summed E-state index contributed by atoms with van der Waals surface area (Å²) < 4.78 is 41.2. The van der Waals surface area contributed by atoms with Gasteiger partial charge in [-0.15, -0.1) is 0 Å². The van der Waals surface area contributed by atoms with E-state index in [0.717, 1.165) is 12.1 Å². The second-order valence-corrected chi connectivity index (χ2v) is 9.48. The van der Waals surface area contributed by atoms with E-state index in [9.17, 15) is 32.3 Å². The fourth-order valence-corrected chi connectivity index (χ4v) is 4.41. The molecule has 8 nitrogen and oxygen atoms in total. The van der Waals surface area contributed by atoms with Crippen LogP contribution in [-0.4, -0.2) is 28.8 Å². The third-order valence-electron chi connectivity index (χ3n) is 6.51. The van der Waals surface area contributed by atoms with Crippen LogP contribution in [0.2, 0.25) is 0 Å². The van der Waals surface area contributed by atoms with E-state index < -0.39 is 34.8 Å². The molecule has 11 heteroatoms. The Balaban J connectivity index is 1.19. The smallest absolute Gasteiger partial charge is 0.263 e. The van der Waals surface area contributed by atoms with Gasteiger partial charge in [0.05, 0.1) is 6.54 Å². The average molecular weight is 573 g/mol. The Morgan fingerprint density at radius 1 is 0.905 bits per heavy atom. The minimum Gasteiger partial charge on any atom is -0.351 e. The predicted octanol–water partition coefficient (Wildman–Crippen LogP) is 4.57. The van der Waals surface area contributed by atoms with Crippen LogP contribution in [0, 0.1) is 17.5 Å². The molecular weight excluding hydrogens is 549 g/mol. The Labute approximate surface area is 237 Å². The van der Waals surface area contributed by atoms with Crippen LogP contribution >= 0.6 is 0 Å². The molecule has 0 saturated carbocycles. The van der Waals surface area contributed by atoms with Crippen molar-refractivity contribution < 1.29 is 27.6 Å². The number of rotatable bonds is 8. The monoisotopic (exact) mass is 572 g/mol. The summed E-state index contributed by atoms with van der Waals surface area (Å²) >= 11 is 0.